The van der Waals surface area contributed by atoms with E-state index < -0.39 is 0 Å². The Kier molecular flexibility index (Phi) is 4.69. The first kappa shape index (κ1) is 12.7. The number of likely N-dealkylation sites (tertiary alicyclic amines) is 1. The van der Waals surface area contributed by atoms with Crippen LogP contribution in [0, 0.1) is 0 Å². The lowest BCUT2D eigenvalue weighted by Crippen LogP contribution is -2.37. The topological polar surface area (TPSA) is 12.5 Å². The Bertz CT molecular complexity index is 356. The number of ether oxygens (including phenoxy) is 1. The van der Waals surface area contributed by atoms with Gasteiger partial charge in [-0.3, -0.25) is 0 Å². The summed E-state index contributed by atoms with van der Waals surface area (Å²) in [5.41, 5.74) is 0. The van der Waals surface area contributed by atoms with Crippen LogP contribution in [0.25, 0.3) is 0 Å². The minimum absolute atomic E-state index is 0.683. The van der Waals surface area contributed by atoms with Crippen molar-refractivity contribution in [1.82, 2.24) is 4.90 Å². The molecule has 1 aromatic rings. The lowest BCUT2D eigenvalue weighted by Gasteiger charge is -2.32. The lowest BCUT2D eigenvalue weighted by atomic mass is 10.0. The van der Waals surface area contributed by atoms with Crippen molar-refractivity contribution in [2.45, 2.75) is 31.7 Å². The average molecular weight is 254 g/mol. The van der Waals surface area contributed by atoms with E-state index in [4.69, 9.17) is 16.3 Å². The van der Waals surface area contributed by atoms with Gasteiger partial charge in [0, 0.05) is 11.1 Å². The van der Waals surface area contributed by atoms with Gasteiger partial charge in [-0.1, -0.05) is 24.1 Å². The molecule has 0 saturated carbocycles. The fourth-order valence-electron chi connectivity index (χ4n) is 2.38. The second-order valence-electron chi connectivity index (χ2n) is 4.72. The molecule has 0 N–H and O–H groups in total. The summed E-state index contributed by atoms with van der Waals surface area (Å²) in [6.45, 7) is 2.00. The predicted octanol–water partition coefficient (Wildman–Crippen LogP) is 3.59. The molecule has 3 heteroatoms. The summed E-state index contributed by atoms with van der Waals surface area (Å²) in [5.74, 6) is 0.871. The minimum Gasteiger partial charge on any atom is -0.493 e. The van der Waals surface area contributed by atoms with Crippen LogP contribution < -0.4 is 4.74 Å². The first-order valence-electron chi connectivity index (χ1n) is 6.34. The summed E-state index contributed by atoms with van der Waals surface area (Å²) < 4.78 is 5.73. The summed E-state index contributed by atoms with van der Waals surface area (Å²) in [6, 6.07) is 8.29. The Morgan fingerprint density at radius 3 is 3.06 bits per heavy atom. The molecule has 0 radical (unpaired) electrons. The molecular formula is C14H20ClNO. The first-order chi connectivity index (χ1) is 8.25. The van der Waals surface area contributed by atoms with Crippen molar-refractivity contribution in [2.24, 2.45) is 0 Å². The van der Waals surface area contributed by atoms with Crippen LogP contribution in [0.15, 0.2) is 24.3 Å². The van der Waals surface area contributed by atoms with Gasteiger partial charge in [0.25, 0.3) is 0 Å². The van der Waals surface area contributed by atoms with Crippen LogP contribution in [0.4, 0.5) is 0 Å². The van der Waals surface area contributed by atoms with Crippen LogP contribution in [0.3, 0.4) is 0 Å². The molecule has 1 aliphatic rings. The molecule has 1 atom stereocenters. The second kappa shape index (κ2) is 6.27. The summed E-state index contributed by atoms with van der Waals surface area (Å²) in [4.78, 5) is 2.45. The molecule has 0 spiro atoms. The van der Waals surface area contributed by atoms with Crippen LogP contribution in [0.5, 0.6) is 5.75 Å². The van der Waals surface area contributed by atoms with Gasteiger partial charge in [-0.25, -0.2) is 0 Å². The Morgan fingerprint density at radius 1 is 1.41 bits per heavy atom. The highest BCUT2D eigenvalue weighted by Gasteiger charge is 2.18. The Balaban J connectivity index is 1.75. The molecule has 17 heavy (non-hydrogen) atoms. The molecule has 2 rings (SSSR count). The van der Waals surface area contributed by atoms with Crippen molar-refractivity contribution in [3.63, 3.8) is 0 Å². The number of halogens is 1. The van der Waals surface area contributed by atoms with E-state index in [2.05, 4.69) is 11.9 Å². The van der Waals surface area contributed by atoms with Gasteiger partial charge < -0.3 is 9.64 Å². The Morgan fingerprint density at radius 2 is 2.29 bits per heavy atom. The maximum absolute atomic E-state index is 5.91. The summed E-state index contributed by atoms with van der Waals surface area (Å²) in [6.07, 6.45) is 5.09. The number of nitrogens with zero attached hydrogens (tertiary/aromatic N) is 1. The van der Waals surface area contributed by atoms with E-state index in [1.165, 1.54) is 25.8 Å². The number of benzene rings is 1. The molecule has 0 amide bonds. The zero-order valence-electron chi connectivity index (χ0n) is 10.4. The highest BCUT2D eigenvalue weighted by molar-refractivity contribution is 6.30. The van der Waals surface area contributed by atoms with Crippen LogP contribution in [0.1, 0.15) is 25.7 Å². The molecule has 1 fully saturated rings. The standard InChI is InChI=1S/C14H20ClNO/c1-16-9-3-2-6-13(16)8-10-17-14-7-4-5-12(15)11-14/h4-5,7,11,13H,2-3,6,8-10H2,1H3. The van der Waals surface area contributed by atoms with Crippen LogP contribution in [0.2, 0.25) is 5.02 Å². The van der Waals surface area contributed by atoms with Gasteiger partial charge in [-0.05, 0) is 51.1 Å². The lowest BCUT2D eigenvalue weighted by molar-refractivity contribution is 0.153. The molecule has 1 aliphatic heterocycles. The van der Waals surface area contributed by atoms with Gasteiger partial charge in [-0.2, -0.15) is 0 Å². The molecule has 0 bridgehead atoms. The average Bonchev–Trinajstić information content (AvgIpc) is 2.32. The molecule has 1 unspecified atom stereocenters. The van der Waals surface area contributed by atoms with E-state index in [1.807, 2.05) is 24.3 Å². The Hall–Kier alpha value is -0.730. The van der Waals surface area contributed by atoms with Gasteiger partial charge in [-0.15, -0.1) is 0 Å². The number of hydrogen-bond acceptors (Lipinski definition) is 2. The zero-order valence-corrected chi connectivity index (χ0v) is 11.1. The fourth-order valence-corrected chi connectivity index (χ4v) is 2.56. The quantitative estimate of drug-likeness (QED) is 0.813. The fraction of sp³-hybridized carbons (Fsp3) is 0.571. The molecule has 1 aromatic carbocycles. The highest BCUT2D eigenvalue weighted by Crippen LogP contribution is 2.20. The van der Waals surface area contributed by atoms with Crippen molar-refractivity contribution < 1.29 is 4.74 Å². The van der Waals surface area contributed by atoms with Crippen LogP contribution in [-0.2, 0) is 0 Å². The van der Waals surface area contributed by atoms with E-state index in [0.29, 0.717) is 6.04 Å². The first-order valence-corrected chi connectivity index (χ1v) is 6.72. The largest absolute Gasteiger partial charge is 0.493 e. The summed E-state index contributed by atoms with van der Waals surface area (Å²) in [7, 11) is 2.21. The SMILES string of the molecule is CN1CCCCC1CCOc1cccc(Cl)c1. The van der Waals surface area contributed by atoms with E-state index >= 15 is 0 Å². The highest BCUT2D eigenvalue weighted by atomic mass is 35.5. The maximum Gasteiger partial charge on any atom is 0.120 e. The normalized spacial score (nSPS) is 21.4. The van der Waals surface area contributed by atoms with Crippen LogP contribution in [-0.4, -0.2) is 31.1 Å². The third-order valence-electron chi connectivity index (χ3n) is 3.44. The molecular weight excluding hydrogens is 234 g/mol. The van der Waals surface area contributed by atoms with Crippen molar-refractivity contribution in [3.05, 3.63) is 29.3 Å². The molecule has 1 heterocycles. The maximum atomic E-state index is 5.91. The van der Waals surface area contributed by atoms with Gasteiger partial charge in [0.1, 0.15) is 5.75 Å². The monoisotopic (exact) mass is 253 g/mol. The molecule has 0 aliphatic carbocycles. The minimum atomic E-state index is 0.683. The van der Waals surface area contributed by atoms with Gasteiger partial charge in [0.15, 0.2) is 0 Å². The third-order valence-corrected chi connectivity index (χ3v) is 3.67. The number of piperidine rings is 1. The van der Waals surface area contributed by atoms with Gasteiger partial charge in [0.05, 0.1) is 6.61 Å². The van der Waals surface area contributed by atoms with Crippen LogP contribution >= 0.6 is 11.6 Å². The second-order valence-corrected chi connectivity index (χ2v) is 5.16. The number of rotatable bonds is 4. The molecule has 94 valence electrons. The molecule has 2 nitrogen and oxygen atoms in total. The predicted molar refractivity (Wildman–Crippen MR) is 71.8 cm³/mol. The van der Waals surface area contributed by atoms with Crippen molar-refractivity contribution in [3.8, 4) is 5.75 Å². The number of hydrogen-bond donors (Lipinski definition) is 0. The van der Waals surface area contributed by atoms with Crippen molar-refractivity contribution in [2.75, 3.05) is 20.2 Å². The van der Waals surface area contributed by atoms with E-state index in [-0.39, 0.29) is 0 Å². The van der Waals surface area contributed by atoms with E-state index in [0.717, 1.165) is 23.8 Å². The van der Waals surface area contributed by atoms with Gasteiger partial charge >= 0.3 is 0 Å². The Labute approximate surface area is 109 Å². The molecule has 1 saturated heterocycles. The van der Waals surface area contributed by atoms with Gasteiger partial charge in [0.2, 0.25) is 0 Å². The zero-order chi connectivity index (χ0) is 12.1. The van der Waals surface area contributed by atoms with Crippen molar-refractivity contribution in [1.29, 1.82) is 0 Å². The summed E-state index contributed by atoms with van der Waals surface area (Å²) in [5, 5.41) is 0.734. The molecule has 0 aromatic heterocycles. The van der Waals surface area contributed by atoms with Crippen molar-refractivity contribution >= 4 is 11.6 Å². The van der Waals surface area contributed by atoms with E-state index in [1.54, 1.807) is 0 Å². The van der Waals surface area contributed by atoms with E-state index in [9.17, 15) is 0 Å². The summed E-state index contributed by atoms with van der Waals surface area (Å²) >= 11 is 5.91. The third kappa shape index (κ3) is 3.90. The smallest absolute Gasteiger partial charge is 0.120 e.